The van der Waals surface area contributed by atoms with Gasteiger partial charge in [0, 0.05) is 17.7 Å². The first-order valence-electron chi connectivity index (χ1n) is 4.94. The van der Waals surface area contributed by atoms with Gasteiger partial charge in [-0.15, -0.1) is 0 Å². The van der Waals surface area contributed by atoms with Gasteiger partial charge < -0.3 is 10.1 Å². The van der Waals surface area contributed by atoms with Crippen molar-refractivity contribution in [2.24, 2.45) is 0 Å². The average molecular weight is 209 g/mol. The van der Waals surface area contributed by atoms with Crippen LogP contribution in [0.2, 0.25) is 0 Å². The van der Waals surface area contributed by atoms with Gasteiger partial charge in [-0.2, -0.15) is 0 Å². The van der Waals surface area contributed by atoms with Crippen molar-refractivity contribution >= 4 is 5.76 Å². The first-order chi connectivity index (χ1) is 7.19. The average Bonchev–Trinajstić information content (AvgIpc) is 2.21. The normalized spacial score (nSPS) is 10.1. The van der Waals surface area contributed by atoms with Crippen molar-refractivity contribution in [3.8, 4) is 0 Å². The van der Waals surface area contributed by atoms with E-state index in [1.54, 1.807) is 13.1 Å². The summed E-state index contributed by atoms with van der Waals surface area (Å²) in [6, 6.07) is 5.00. The van der Waals surface area contributed by atoms with E-state index < -0.39 is 0 Å². The second kappa shape index (κ2) is 5.51. The molecule has 0 aliphatic carbocycles. The molecule has 0 bridgehead atoms. The van der Waals surface area contributed by atoms with Gasteiger partial charge in [0.05, 0.1) is 6.61 Å². The smallest absolute Gasteiger partial charge is 0.128 e. The van der Waals surface area contributed by atoms with Gasteiger partial charge in [-0.25, -0.2) is 4.39 Å². The minimum absolute atomic E-state index is 0.234. The van der Waals surface area contributed by atoms with Crippen molar-refractivity contribution in [3.05, 3.63) is 41.7 Å². The second-order valence-corrected chi connectivity index (χ2v) is 3.19. The predicted octanol–water partition coefficient (Wildman–Crippen LogP) is 2.55. The highest BCUT2D eigenvalue weighted by Gasteiger charge is 2.05. The van der Waals surface area contributed by atoms with Gasteiger partial charge in [-0.3, -0.25) is 0 Å². The molecule has 2 nitrogen and oxygen atoms in total. The van der Waals surface area contributed by atoms with Gasteiger partial charge in [0.25, 0.3) is 0 Å². The van der Waals surface area contributed by atoms with Crippen molar-refractivity contribution in [1.29, 1.82) is 0 Å². The molecular weight excluding hydrogens is 193 g/mol. The summed E-state index contributed by atoms with van der Waals surface area (Å²) in [7, 11) is 1.78. The summed E-state index contributed by atoms with van der Waals surface area (Å²) in [6.07, 6.45) is 0. The molecule has 1 aromatic carbocycles. The number of benzene rings is 1. The van der Waals surface area contributed by atoms with Gasteiger partial charge in [-0.1, -0.05) is 18.7 Å². The molecule has 0 aliphatic heterocycles. The van der Waals surface area contributed by atoms with Crippen molar-refractivity contribution in [3.63, 3.8) is 0 Å². The van der Waals surface area contributed by atoms with E-state index in [4.69, 9.17) is 4.74 Å². The lowest BCUT2D eigenvalue weighted by Crippen LogP contribution is -2.07. The van der Waals surface area contributed by atoms with Crippen LogP contribution in [0.3, 0.4) is 0 Å². The fourth-order valence-electron chi connectivity index (χ4n) is 1.31. The molecule has 0 saturated carbocycles. The Labute approximate surface area is 89.8 Å². The fourth-order valence-corrected chi connectivity index (χ4v) is 1.31. The molecule has 3 heteroatoms. The minimum Gasteiger partial charge on any atom is -0.494 e. The Morgan fingerprint density at radius 3 is 2.80 bits per heavy atom. The molecule has 0 fully saturated rings. The van der Waals surface area contributed by atoms with Crippen molar-refractivity contribution in [2.75, 3.05) is 13.7 Å². The lowest BCUT2D eigenvalue weighted by Gasteiger charge is -2.08. The van der Waals surface area contributed by atoms with Gasteiger partial charge in [0.1, 0.15) is 11.6 Å². The number of halogens is 1. The Bertz CT molecular complexity index is 349. The summed E-state index contributed by atoms with van der Waals surface area (Å²) in [5.74, 6) is 0.273. The second-order valence-electron chi connectivity index (χ2n) is 3.19. The highest BCUT2D eigenvalue weighted by atomic mass is 19.1. The highest BCUT2D eigenvalue weighted by molar-refractivity contribution is 5.57. The van der Waals surface area contributed by atoms with E-state index in [0.29, 0.717) is 30.0 Å². The number of hydrogen-bond donors (Lipinski definition) is 1. The van der Waals surface area contributed by atoms with E-state index in [-0.39, 0.29) is 5.82 Å². The number of ether oxygens (including phenoxy) is 1. The summed E-state index contributed by atoms with van der Waals surface area (Å²) in [6.45, 7) is 6.66. The van der Waals surface area contributed by atoms with Crippen molar-refractivity contribution < 1.29 is 9.13 Å². The topological polar surface area (TPSA) is 21.3 Å². The summed E-state index contributed by atoms with van der Waals surface area (Å²) in [4.78, 5) is 0. The third-order valence-electron chi connectivity index (χ3n) is 2.06. The predicted molar refractivity (Wildman–Crippen MR) is 59.8 cm³/mol. The van der Waals surface area contributed by atoms with Gasteiger partial charge in [0.2, 0.25) is 0 Å². The molecule has 0 saturated heterocycles. The van der Waals surface area contributed by atoms with E-state index in [1.807, 2.05) is 13.0 Å². The quantitative estimate of drug-likeness (QED) is 0.752. The molecule has 1 rings (SSSR count). The molecule has 0 radical (unpaired) electrons. The van der Waals surface area contributed by atoms with Crippen LogP contribution >= 0.6 is 0 Å². The van der Waals surface area contributed by atoms with Crippen LogP contribution in [-0.4, -0.2) is 13.7 Å². The first-order valence-corrected chi connectivity index (χ1v) is 4.94. The lowest BCUT2D eigenvalue weighted by atomic mass is 10.1. The van der Waals surface area contributed by atoms with Gasteiger partial charge in [-0.05, 0) is 20.0 Å². The summed E-state index contributed by atoms with van der Waals surface area (Å²) in [5, 5.41) is 2.90. The third kappa shape index (κ3) is 3.06. The molecule has 0 spiro atoms. The molecule has 0 aliphatic rings. The van der Waals surface area contributed by atoms with Crippen LogP contribution in [0.5, 0.6) is 0 Å². The largest absolute Gasteiger partial charge is 0.494 e. The first kappa shape index (κ1) is 11.7. The Kier molecular flexibility index (Phi) is 4.31. The van der Waals surface area contributed by atoms with Crippen LogP contribution in [0.4, 0.5) is 4.39 Å². The molecule has 0 unspecified atom stereocenters. The molecular formula is C12H16FNO. The third-order valence-corrected chi connectivity index (χ3v) is 2.06. The molecule has 0 aromatic heterocycles. The molecule has 82 valence electrons. The summed E-state index contributed by atoms with van der Waals surface area (Å²) >= 11 is 0. The maximum absolute atomic E-state index is 13.5. The zero-order valence-corrected chi connectivity index (χ0v) is 9.14. The van der Waals surface area contributed by atoms with Gasteiger partial charge >= 0.3 is 0 Å². The van der Waals surface area contributed by atoms with E-state index in [0.717, 1.165) is 0 Å². The maximum Gasteiger partial charge on any atom is 0.128 e. The van der Waals surface area contributed by atoms with E-state index in [1.165, 1.54) is 6.07 Å². The molecule has 1 aromatic rings. The van der Waals surface area contributed by atoms with Crippen LogP contribution in [-0.2, 0) is 11.3 Å². The maximum atomic E-state index is 13.5. The SMILES string of the molecule is C=C(OCC)c1ccc(CNC)c(F)c1. The zero-order valence-electron chi connectivity index (χ0n) is 9.14. The Hall–Kier alpha value is -1.35. The van der Waals surface area contributed by atoms with Crippen molar-refractivity contribution in [1.82, 2.24) is 5.32 Å². The van der Waals surface area contributed by atoms with Crippen LogP contribution in [0.25, 0.3) is 5.76 Å². The molecule has 15 heavy (non-hydrogen) atoms. The van der Waals surface area contributed by atoms with Crippen LogP contribution in [0.15, 0.2) is 24.8 Å². The molecule has 0 heterocycles. The minimum atomic E-state index is -0.234. The number of nitrogens with one attached hydrogen (secondary N) is 1. The van der Waals surface area contributed by atoms with E-state index in [2.05, 4.69) is 11.9 Å². The van der Waals surface area contributed by atoms with Crippen LogP contribution < -0.4 is 5.32 Å². The monoisotopic (exact) mass is 209 g/mol. The molecule has 1 N–H and O–H groups in total. The Balaban J connectivity index is 2.86. The van der Waals surface area contributed by atoms with Crippen molar-refractivity contribution in [2.45, 2.75) is 13.5 Å². The van der Waals surface area contributed by atoms with Crippen LogP contribution in [0, 0.1) is 5.82 Å². The summed E-state index contributed by atoms with van der Waals surface area (Å²) in [5.41, 5.74) is 1.33. The summed E-state index contributed by atoms with van der Waals surface area (Å²) < 4.78 is 18.7. The lowest BCUT2D eigenvalue weighted by molar-refractivity contribution is 0.299. The van der Waals surface area contributed by atoms with Crippen LogP contribution in [0.1, 0.15) is 18.1 Å². The molecule has 0 amide bonds. The number of rotatable bonds is 5. The molecule has 0 atom stereocenters. The fraction of sp³-hybridized carbons (Fsp3) is 0.333. The van der Waals surface area contributed by atoms with E-state index >= 15 is 0 Å². The standard InChI is InChI=1S/C12H16FNO/c1-4-15-9(2)10-5-6-11(8-14-3)12(13)7-10/h5-7,14H,2,4,8H2,1,3H3. The highest BCUT2D eigenvalue weighted by Crippen LogP contribution is 2.17. The Morgan fingerprint density at radius 2 is 2.27 bits per heavy atom. The number of hydrogen-bond acceptors (Lipinski definition) is 2. The van der Waals surface area contributed by atoms with E-state index in [9.17, 15) is 4.39 Å². The van der Waals surface area contributed by atoms with Gasteiger partial charge in [0.15, 0.2) is 0 Å². The Morgan fingerprint density at radius 1 is 1.53 bits per heavy atom. The zero-order chi connectivity index (χ0) is 11.3.